The van der Waals surface area contributed by atoms with Gasteiger partial charge in [-0.05, 0) is 24.6 Å². The molecule has 0 saturated heterocycles. The Bertz CT molecular complexity index is 421. The van der Waals surface area contributed by atoms with Crippen LogP contribution in [-0.4, -0.2) is 9.97 Å². The number of halogens is 1. The van der Waals surface area contributed by atoms with Gasteiger partial charge >= 0.3 is 0 Å². The lowest BCUT2D eigenvalue weighted by Crippen LogP contribution is -1.93. The van der Waals surface area contributed by atoms with Crippen LogP contribution in [0.3, 0.4) is 0 Å². The molecule has 2 rings (SSSR count). The van der Waals surface area contributed by atoms with E-state index in [0.29, 0.717) is 11.4 Å². The van der Waals surface area contributed by atoms with Crippen LogP contribution in [0.1, 0.15) is 19.4 Å². The second kappa shape index (κ2) is 5.95. The van der Waals surface area contributed by atoms with Gasteiger partial charge in [-0.1, -0.05) is 26.0 Å². The highest BCUT2D eigenvalue weighted by atomic mass is 19.1. The van der Waals surface area contributed by atoms with Crippen molar-refractivity contribution in [3.05, 3.63) is 48.0 Å². The minimum atomic E-state index is -0.281. The Labute approximate surface area is 95.2 Å². The molecule has 3 heteroatoms. The van der Waals surface area contributed by atoms with Gasteiger partial charge < -0.3 is 0 Å². The van der Waals surface area contributed by atoms with E-state index in [-0.39, 0.29) is 5.82 Å². The molecule has 0 fully saturated rings. The van der Waals surface area contributed by atoms with Crippen molar-refractivity contribution in [2.24, 2.45) is 0 Å². The van der Waals surface area contributed by atoms with Crippen molar-refractivity contribution in [2.75, 3.05) is 0 Å². The van der Waals surface area contributed by atoms with Crippen LogP contribution >= 0.6 is 0 Å². The molecule has 0 saturated carbocycles. The molecule has 0 unspecified atom stereocenters. The smallest absolute Gasteiger partial charge is 0.162 e. The minimum Gasteiger partial charge on any atom is -0.236 e. The van der Waals surface area contributed by atoms with Crippen LogP contribution in [-0.2, 0) is 0 Å². The van der Waals surface area contributed by atoms with Gasteiger partial charge in [0.05, 0.1) is 5.56 Å². The molecular formula is C13H15FN2. The largest absolute Gasteiger partial charge is 0.236 e. The Balaban J connectivity index is 0.000000606. The summed E-state index contributed by atoms with van der Waals surface area (Å²) in [6.45, 7) is 5.84. The maximum atomic E-state index is 13.5. The van der Waals surface area contributed by atoms with Gasteiger partial charge in [0.25, 0.3) is 0 Å². The first-order valence-electron chi connectivity index (χ1n) is 5.31. The predicted molar refractivity (Wildman–Crippen MR) is 63.5 cm³/mol. The topological polar surface area (TPSA) is 25.8 Å². The van der Waals surface area contributed by atoms with E-state index in [4.69, 9.17) is 0 Å². The zero-order chi connectivity index (χ0) is 12.0. The first kappa shape index (κ1) is 12.3. The lowest BCUT2D eigenvalue weighted by atomic mass is 10.1. The third-order valence-electron chi connectivity index (χ3n) is 2.01. The average Bonchev–Trinajstić information content (AvgIpc) is 2.33. The molecule has 1 aromatic heterocycles. The summed E-state index contributed by atoms with van der Waals surface area (Å²) < 4.78 is 13.5. The highest BCUT2D eigenvalue weighted by Crippen LogP contribution is 2.22. The fourth-order valence-corrected chi connectivity index (χ4v) is 1.34. The van der Waals surface area contributed by atoms with Gasteiger partial charge in [0, 0.05) is 12.4 Å². The maximum absolute atomic E-state index is 13.5. The molecule has 1 heterocycles. The maximum Gasteiger partial charge on any atom is 0.162 e. The van der Waals surface area contributed by atoms with E-state index in [0.717, 1.165) is 5.56 Å². The molecule has 16 heavy (non-hydrogen) atoms. The quantitative estimate of drug-likeness (QED) is 0.730. The van der Waals surface area contributed by atoms with E-state index in [1.165, 1.54) is 6.07 Å². The predicted octanol–water partition coefficient (Wildman–Crippen LogP) is 3.62. The summed E-state index contributed by atoms with van der Waals surface area (Å²) in [6.07, 6.45) is 3.21. The van der Waals surface area contributed by atoms with E-state index < -0.39 is 0 Å². The highest BCUT2D eigenvalue weighted by molar-refractivity contribution is 5.60. The molecule has 0 amide bonds. The standard InChI is InChI=1S/C11H9FN2.C2H6/c1-8-4-2-5-9(12)10(8)11-13-6-3-7-14-11;1-2/h2-7H,1H3;1-2H3. The summed E-state index contributed by atoms with van der Waals surface area (Å²) >= 11 is 0. The van der Waals surface area contributed by atoms with Crippen molar-refractivity contribution in [1.82, 2.24) is 9.97 Å². The normalized spacial score (nSPS) is 9.25. The number of hydrogen-bond donors (Lipinski definition) is 0. The van der Waals surface area contributed by atoms with Gasteiger partial charge in [-0.25, -0.2) is 14.4 Å². The summed E-state index contributed by atoms with van der Waals surface area (Å²) in [4.78, 5) is 8.04. The number of nitrogens with zero attached hydrogens (tertiary/aromatic N) is 2. The second-order valence-corrected chi connectivity index (χ2v) is 3.00. The summed E-state index contributed by atoms with van der Waals surface area (Å²) in [6, 6.07) is 6.64. The van der Waals surface area contributed by atoms with E-state index >= 15 is 0 Å². The number of hydrogen-bond acceptors (Lipinski definition) is 2. The molecule has 0 aliphatic heterocycles. The molecule has 0 N–H and O–H groups in total. The molecule has 0 bridgehead atoms. The summed E-state index contributed by atoms with van der Waals surface area (Å²) in [5, 5.41) is 0. The Kier molecular flexibility index (Phi) is 4.58. The van der Waals surface area contributed by atoms with Crippen LogP contribution in [0, 0.1) is 12.7 Å². The van der Waals surface area contributed by atoms with Crippen molar-refractivity contribution in [3.63, 3.8) is 0 Å². The molecule has 0 spiro atoms. The average molecular weight is 218 g/mol. The first-order valence-corrected chi connectivity index (χ1v) is 5.31. The summed E-state index contributed by atoms with van der Waals surface area (Å²) in [5.41, 5.74) is 1.32. The number of aryl methyl sites for hydroxylation is 1. The molecule has 0 radical (unpaired) electrons. The second-order valence-electron chi connectivity index (χ2n) is 3.00. The lowest BCUT2D eigenvalue weighted by molar-refractivity contribution is 0.629. The zero-order valence-electron chi connectivity index (χ0n) is 9.74. The van der Waals surface area contributed by atoms with E-state index in [9.17, 15) is 4.39 Å². The van der Waals surface area contributed by atoms with Crippen molar-refractivity contribution in [3.8, 4) is 11.4 Å². The summed E-state index contributed by atoms with van der Waals surface area (Å²) in [5.74, 6) is 0.152. The molecule has 0 atom stereocenters. The first-order chi connectivity index (χ1) is 7.79. The van der Waals surface area contributed by atoms with Crippen LogP contribution in [0.4, 0.5) is 4.39 Å². The third-order valence-corrected chi connectivity index (χ3v) is 2.01. The Morgan fingerprint density at radius 3 is 2.19 bits per heavy atom. The molecule has 1 aromatic carbocycles. The zero-order valence-corrected chi connectivity index (χ0v) is 9.74. The molecule has 2 nitrogen and oxygen atoms in total. The van der Waals surface area contributed by atoms with E-state index in [1.807, 2.05) is 26.8 Å². The Hall–Kier alpha value is -1.77. The monoisotopic (exact) mass is 218 g/mol. The van der Waals surface area contributed by atoms with Gasteiger partial charge in [-0.2, -0.15) is 0 Å². The van der Waals surface area contributed by atoms with Crippen LogP contribution in [0.15, 0.2) is 36.7 Å². The third kappa shape index (κ3) is 2.63. The summed E-state index contributed by atoms with van der Waals surface area (Å²) in [7, 11) is 0. The van der Waals surface area contributed by atoms with Crippen molar-refractivity contribution >= 4 is 0 Å². The van der Waals surface area contributed by atoms with Gasteiger partial charge in [-0.3, -0.25) is 0 Å². The van der Waals surface area contributed by atoms with Crippen LogP contribution in [0.2, 0.25) is 0 Å². The molecule has 84 valence electrons. The molecule has 0 aliphatic rings. The SMILES string of the molecule is CC.Cc1cccc(F)c1-c1ncccn1. The fraction of sp³-hybridized carbons (Fsp3) is 0.231. The van der Waals surface area contributed by atoms with E-state index in [1.54, 1.807) is 24.5 Å². The fourth-order valence-electron chi connectivity index (χ4n) is 1.34. The van der Waals surface area contributed by atoms with Gasteiger partial charge in [0.1, 0.15) is 5.82 Å². The van der Waals surface area contributed by atoms with Gasteiger partial charge in [-0.15, -0.1) is 0 Å². The number of aromatic nitrogens is 2. The van der Waals surface area contributed by atoms with Crippen molar-refractivity contribution in [2.45, 2.75) is 20.8 Å². The minimum absolute atomic E-state index is 0.281. The van der Waals surface area contributed by atoms with Crippen molar-refractivity contribution in [1.29, 1.82) is 0 Å². The lowest BCUT2D eigenvalue weighted by Gasteiger charge is -2.04. The number of benzene rings is 1. The van der Waals surface area contributed by atoms with Gasteiger partial charge in [0.2, 0.25) is 0 Å². The highest BCUT2D eigenvalue weighted by Gasteiger charge is 2.09. The Morgan fingerprint density at radius 2 is 1.62 bits per heavy atom. The molecule has 0 aliphatic carbocycles. The van der Waals surface area contributed by atoms with E-state index in [2.05, 4.69) is 9.97 Å². The van der Waals surface area contributed by atoms with Crippen LogP contribution in [0.25, 0.3) is 11.4 Å². The molecule has 2 aromatic rings. The van der Waals surface area contributed by atoms with Crippen molar-refractivity contribution < 1.29 is 4.39 Å². The van der Waals surface area contributed by atoms with Crippen LogP contribution in [0.5, 0.6) is 0 Å². The number of rotatable bonds is 1. The molecular weight excluding hydrogens is 203 g/mol. The van der Waals surface area contributed by atoms with Crippen LogP contribution < -0.4 is 0 Å². The Morgan fingerprint density at radius 1 is 1.00 bits per heavy atom. The van der Waals surface area contributed by atoms with Gasteiger partial charge in [0.15, 0.2) is 5.82 Å².